The number of Topliss-reactive ketones (excluding diaryl/α,β-unsaturated/α-hetero) is 1. The van der Waals surface area contributed by atoms with Crippen molar-refractivity contribution >= 4 is 17.7 Å². The number of ketones is 1. The van der Waals surface area contributed by atoms with Gasteiger partial charge in [-0.05, 0) is 20.3 Å². The Kier molecular flexibility index (Phi) is 3.75. The van der Waals surface area contributed by atoms with E-state index in [0.717, 1.165) is 0 Å². The number of ether oxygens (including phenoxy) is 2. The first-order chi connectivity index (χ1) is 11.3. The monoisotopic (exact) mass is 331 g/mol. The van der Waals surface area contributed by atoms with E-state index in [1.807, 2.05) is 30.3 Å². The van der Waals surface area contributed by atoms with Gasteiger partial charge in [0, 0.05) is 11.5 Å². The molecule has 6 heteroatoms. The zero-order valence-electron chi connectivity index (χ0n) is 14.2. The molecule has 2 fully saturated rings. The van der Waals surface area contributed by atoms with Crippen molar-refractivity contribution < 1.29 is 23.9 Å². The van der Waals surface area contributed by atoms with Crippen LogP contribution in [0.3, 0.4) is 0 Å². The highest BCUT2D eigenvalue weighted by molar-refractivity contribution is 6.00. The van der Waals surface area contributed by atoms with E-state index in [4.69, 9.17) is 9.47 Å². The molecule has 3 rings (SSSR count). The van der Waals surface area contributed by atoms with E-state index in [9.17, 15) is 14.4 Å². The van der Waals surface area contributed by atoms with Gasteiger partial charge in [0.2, 0.25) is 5.91 Å². The second-order valence-electron chi connectivity index (χ2n) is 6.65. The summed E-state index contributed by atoms with van der Waals surface area (Å²) >= 11 is 0. The molecule has 0 bridgehead atoms. The van der Waals surface area contributed by atoms with Gasteiger partial charge in [0.15, 0.2) is 23.2 Å². The van der Waals surface area contributed by atoms with Crippen LogP contribution < -0.4 is 0 Å². The lowest BCUT2D eigenvalue weighted by Gasteiger charge is -2.37. The van der Waals surface area contributed by atoms with Gasteiger partial charge in [0.1, 0.15) is 0 Å². The maximum atomic E-state index is 12.9. The minimum Gasteiger partial charge on any atom is -0.467 e. The number of hydrogen-bond donors (Lipinski definition) is 0. The molecular formula is C18H21NO5. The Morgan fingerprint density at radius 3 is 2.46 bits per heavy atom. The predicted molar refractivity (Wildman–Crippen MR) is 84.7 cm³/mol. The van der Waals surface area contributed by atoms with Gasteiger partial charge < -0.3 is 9.47 Å². The molecule has 24 heavy (non-hydrogen) atoms. The average molecular weight is 331 g/mol. The highest BCUT2D eigenvalue weighted by atomic mass is 16.6. The summed E-state index contributed by atoms with van der Waals surface area (Å²) < 4.78 is 11.0. The molecule has 128 valence electrons. The number of carbonyl (C=O) groups is 3. The standard InChI is InChI=1S/C18H21NO5/c1-11-10-18(16(22)23-4)14(12(2)20)24-17(3,19(18)15(11)21)13-8-6-5-7-9-13/h5-9,11,14H,10H2,1-4H3/t11-,14-,17+,18-/m0/s1. The molecule has 2 heterocycles. The molecule has 1 aromatic carbocycles. The molecule has 2 aliphatic rings. The molecule has 0 aliphatic carbocycles. The van der Waals surface area contributed by atoms with Crippen molar-refractivity contribution in [2.24, 2.45) is 5.92 Å². The maximum Gasteiger partial charge on any atom is 0.335 e. The molecule has 0 spiro atoms. The zero-order chi connectivity index (χ0) is 17.7. The summed E-state index contributed by atoms with van der Waals surface area (Å²) in [5.41, 5.74) is -1.90. The van der Waals surface area contributed by atoms with Gasteiger partial charge in [0.05, 0.1) is 7.11 Å². The third kappa shape index (κ3) is 1.95. The minimum absolute atomic E-state index is 0.200. The van der Waals surface area contributed by atoms with Crippen molar-refractivity contribution in [2.45, 2.75) is 44.6 Å². The Balaban J connectivity index is 2.24. The van der Waals surface area contributed by atoms with Crippen LogP contribution in [0.15, 0.2) is 30.3 Å². The fourth-order valence-corrected chi connectivity index (χ4v) is 4.08. The SMILES string of the molecule is COC(=O)[C@@]12C[C@H](C)C(=O)N1[C@@](C)(c1ccccc1)O[C@H]2C(C)=O. The van der Waals surface area contributed by atoms with E-state index in [1.54, 1.807) is 13.8 Å². The molecule has 0 radical (unpaired) electrons. The van der Waals surface area contributed by atoms with Gasteiger partial charge in [-0.2, -0.15) is 0 Å². The number of fused-ring (bicyclic) bond motifs is 1. The van der Waals surface area contributed by atoms with E-state index in [-0.39, 0.29) is 18.1 Å². The summed E-state index contributed by atoms with van der Waals surface area (Å²) in [7, 11) is 1.26. The largest absolute Gasteiger partial charge is 0.467 e. The summed E-state index contributed by atoms with van der Waals surface area (Å²) in [5.74, 6) is -1.51. The normalized spacial score (nSPS) is 35.0. The Hall–Kier alpha value is -2.21. The van der Waals surface area contributed by atoms with Gasteiger partial charge >= 0.3 is 5.97 Å². The molecule has 6 nitrogen and oxygen atoms in total. The number of hydrogen-bond acceptors (Lipinski definition) is 5. The lowest BCUT2D eigenvalue weighted by molar-refractivity contribution is -0.161. The Labute approximate surface area is 140 Å². The summed E-state index contributed by atoms with van der Waals surface area (Å²) in [5, 5.41) is 0. The third-order valence-corrected chi connectivity index (χ3v) is 5.08. The molecule has 0 unspecified atom stereocenters. The fraction of sp³-hybridized carbons (Fsp3) is 0.500. The lowest BCUT2D eigenvalue weighted by Crippen LogP contribution is -2.58. The number of amides is 1. The van der Waals surface area contributed by atoms with Crippen LogP contribution >= 0.6 is 0 Å². The number of benzene rings is 1. The van der Waals surface area contributed by atoms with E-state index in [1.165, 1.54) is 18.9 Å². The fourth-order valence-electron chi connectivity index (χ4n) is 4.08. The van der Waals surface area contributed by atoms with Crippen LogP contribution in [0.5, 0.6) is 0 Å². The first-order valence-corrected chi connectivity index (χ1v) is 7.95. The summed E-state index contributed by atoms with van der Waals surface area (Å²) in [6.07, 6.45) is -0.852. The summed E-state index contributed by atoms with van der Waals surface area (Å²) in [4.78, 5) is 39.3. The Morgan fingerprint density at radius 1 is 1.29 bits per heavy atom. The number of rotatable bonds is 3. The molecule has 1 amide bonds. The molecule has 2 saturated heterocycles. The number of esters is 1. The van der Waals surface area contributed by atoms with Crippen molar-refractivity contribution in [1.29, 1.82) is 0 Å². The van der Waals surface area contributed by atoms with E-state index >= 15 is 0 Å². The zero-order valence-corrected chi connectivity index (χ0v) is 14.2. The van der Waals surface area contributed by atoms with Gasteiger partial charge in [-0.15, -0.1) is 0 Å². The van der Waals surface area contributed by atoms with Gasteiger partial charge in [-0.1, -0.05) is 37.3 Å². The second kappa shape index (κ2) is 5.41. The van der Waals surface area contributed by atoms with Crippen LogP contribution in [0.25, 0.3) is 0 Å². The minimum atomic E-state index is -1.42. The van der Waals surface area contributed by atoms with Crippen molar-refractivity contribution in [3.05, 3.63) is 35.9 Å². The first kappa shape index (κ1) is 16.6. The molecule has 4 atom stereocenters. The average Bonchev–Trinajstić information content (AvgIpc) is 3.00. The molecule has 0 aromatic heterocycles. The van der Waals surface area contributed by atoms with E-state index in [2.05, 4.69) is 0 Å². The van der Waals surface area contributed by atoms with Crippen molar-refractivity contribution in [2.75, 3.05) is 7.11 Å². The van der Waals surface area contributed by atoms with Gasteiger partial charge in [0.25, 0.3) is 0 Å². The number of carbonyl (C=O) groups excluding carboxylic acids is 3. The van der Waals surface area contributed by atoms with Crippen LogP contribution in [0.2, 0.25) is 0 Å². The van der Waals surface area contributed by atoms with Crippen LogP contribution in [-0.2, 0) is 29.6 Å². The summed E-state index contributed by atoms with van der Waals surface area (Å²) in [6, 6.07) is 9.15. The number of nitrogens with zero attached hydrogens (tertiary/aromatic N) is 1. The lowest BCUT2D eigenvalue weighted by atomic mass is 9.85. The molecule has 2 aliphatic heterocycles. The Morgan fingerprint density at radius 2 is 1.92 bits per heavy atom. The molecule has 1 aromatic rings. The van der Waals surface area contributed by atoms with Gasteiger partial charge in [-0.25, -0.2) is 4.79 Å². The molecular weight excluding hydrogens is 310 g/mol. The van der Waals surface area contributed by atoms with Crippen LogP contribution in [0.1, 0.15) is 32.8 Å². The van der Waals surface area contributed by atoms with Gasteiger partial charge in [-0.3, -0.25) is 14.5 Å². The molecule has 0 saturated carbocycles. The van der Waals surface area contributed by atoms with E-state index in [0.29, 0.717) is 5.56 Å². The van der Waals surface area contributed by atoms with Crippen LogP contribution in [-0.4, -0.2) is 41.3 Å². The number of methoxy groups -OCH3 is 1. The van der Waals surface area contributed by atoms with Crippen LogP contribution in [0.4, 0.5) is 0 Å². The maximum absolute atomic E-state index is 12.9. The summed E-state index contributed by atoms with van der Waals surface area (Å²) in [6.45, 7) is 4.85. The first-order valence-electron chi connectivity index (χ1n) is 7.95. The molecule has 0 N–H and O–H groups in total. The van der Waals surface area contributed by atoms with Crippen molar-refractivity contribution in [1.82, 2.24) is 4.90 Å². The topological polar surface area (TPSA) is 72.9 Å². The smallest absolute Gasteiger partial charge is 0.335 e. The second-order valence-corrected chi connectivity index (χ2v) is 6.65. The highest BCUT2D eigenvalue weighted by Gasteiger charge is 2.72. The van der Waals surface area contributed by atoms with Crippen LogP contribution in [0, 0.1) is 5.92 Å². The third-order valence-electron chi connectivity index (χ3n) is 5.08. The van der Waals surface area contributed by atoms with E-state index < -0.39 is 29.3 Å². The quantitative estimate of drug-likeness (QED) is 0.787. The predicted octanol–water partition coefficient (Wildman–Crippen LogP) is 1.63. The highest BCUT2D eigenvalue weighted by Crippen LogP contribution is 2.54. The Bertz CT molecular complexity index is 703. The van der Waals surface area contributed by atoms with Crippen molar-refractivity contribution in [3.8, 4) is 0 Å². The van der Waals surface area contributed by atoms with Crippen molar-refractivity contribution in [3.63, 3.8) is 0 Å².